The number of amides is 1. The van der Waals surface area contributed by atoms with Crippen LogP contribution in [0, 0.1) is 6.92 Å². The van der Waals surface area contributed by atoms with E-state index in [4.69, 9.17) is 23.9 Å². The van der Waals surface area contributed by atoms with Crippen molar-refractivity contribution in [3.05, 3.63) is 65.2 Å². The van der Waals surface area contributed by atoms with E-state index in [0.29, 0.717) is 33.8 Å². The summed E-state index contributed by atoms with van der Waals surface area (Å²) in [7, 11) is 6.25. The summed E-state index contributed by atoms with van der Waals surface area (Å²) >= 11 is 1.43. The fraction of sp³-hybridized carbons (Fsp3) is 0.192. The number of nitrogens with one attached hydrogen (secondary N) is 1. The average molecular weight is 507 g/mol. The first-order chi connectivity index (χ1) is 17.4. The van der Waals surface area contributed by atoms with Crippen molar-refractivity contribution in [1.29, 1.82) is 0 Å². The third kappa shape index (κ3) is 5.33. The van der Waals surface area contributed by atoms with Gasteiger partial charge < -0.3 is 24.3 Å². The Balaban J connectivity index is 1.54. The summed E-state index contributed by atoms with van der Waals surface area (Å²) < 4.78 is 23.0. The minimum atomic E-state index is -0.325. The number of aromatic nitrogens is 3. The number of rotatable bonds is 9. The molecule has 0 aliphatic carbocycles. The molecule has 9 nitrogen and oxygen atoms in total. The highest BCUT2D eigenvalue weighted by Crippen LogP contribution is 2.38. The first-order valence-electron chi connectivity index (χ1n) is 10.9. The second-order valence-corrected chi connectivity index (χ2v) is 8.45. The zero-order valence-electron chi connectivity index (χ0n) is 20.6. The molecule has 0 bridgehead atoms. The molecule has 2 heterocycles. The Kier molecular flexibility index (Phi) is 7.55. The van der Waals surface area contributed by atoms with Crippen LogP contribution in [0.2, 0.25) is 0 Å². The van der Waals surface area contributed by atoms with Gasteiger partial charge in [0.2, 0.25) is 16.8 Å². The van der Waals surface area contributed by atoms with E-state index in [1.165, 1.54) is 24.5 Å². The molecule has 1 amide bonds. The minimum Gasteiger partial charge on any atom is -0.497 e. The van der Waals surface area contributed by atoms with Crippen LogP contribution < -0.4 is 24.3 Å². The molecule has 186 valence electrons. The SMILES string of the molecule is COc1cccc(-c2csc(-n3nc(C)cc3NC(=O)/C=C/c3cc(OC)c(OC)c(OC)c3)n2)c1. The summed E-state index contributed by atoms with van der Waals surface area (Å²) in [6.45, 7) is 1.86. The van der Waals surface area contributed by atoms with Crippen LogP contribution in [-0.4, -0.2) is 49.1 Å². The lowest BCUT2D eigenvalue weighted by Gasteiger charge is -2.12. The molecule has 36 heavy (non-hydrogen) atoms. The highest BCUT2D eigenvalue weighted by Gasteiger charge is 2.15. The fourth-order valence-electron chi connectivity index (χ4n) is 3.55. The van der Waals surface area contributed by atoms with Gasteiger partial charge in [-0.05, 0) is 42.8 Å². The second kappa shape index (κ2) is 11.0. The van der Waals surface area contributed by atoms with Gasteiger partial charge in [-0.25, -0.2) is 4.98 Å². The van der Waals surface area contributed by atoms with Crippen LogP contribution in [0.5, 0.6) is 23.0 Å². The summed E-state index contributed by atoms with van der Waals surface area (Å²) in [5, 5.41) is 9.96. The maximum Gasteiger partial charge on any atom is 0.249 e. The first-order valence-corrected chi connectivity index (χ1v) is 11.8. The van der Waals surface area contributed by atoms with Crippen molar-refractivity contribution in [2.75, 3.05) is 33.8 Å². The first kappa shape index (κ1) is 24.8. The molecular weight excluding hydrogens is 480 g/mol. The zero-order chi connectivity index (χ0) is 25.7. The number of methoxy groups -OCH3 is 4. The van der Waals surface area contributed by atoms with E-state index in [2.05, 4.69) is 10.4 Å². The van der Waals surface area contributed by atoms with E-state index in [1.807, 2.05) is 36.6 Å². The molecule has 2 aromatic heterocycles. The molecule has 0 aliphatic heterocycles. The van der Waals surface area contributed by atoms with E-state index in [-0.39, 0.29) is 5.91 Å². The number of hydrogen-bond donors (Lipinski definition) is 1. The molecule has 0 fully saturated rings. The van der Waals surface area contributed by atoms with Gasteiger partial charge in [0.25, 0.3) is 0 Å². The Morgan fingerprint density at radius 1 is 1.00 bits per heavy atom. The van der Waals surface area contributed by atoms with Crippen molar-refractivity contribution in [2.45, 2.75) is 6.92 Å². The van der Waals surface area contributed by atoms with Gasteiger partial charge in [0.05, 0.1) is 39.8 Å². The normalized spacial score (nSPS) is 10.9. The Labute approximate surface area is 212 Å². The highest BCUT2D eigenvalue weighted by molar-refractivity contribution is 7.12. The summed E-state index contributed by atoms with van der Waals surface area (Å²) in [6.07, 6.45) is 3.09. The summed E-state index contributed by atoms with van der Waals surface area (Å²) in [4.78, 5) is 17.5. The molecule has 0 unspecified atom stereocenters. The average Bonchev–Trinajstić information content (AvgIpc) is 3.53. The summed E-state index contributed by atoms with van der Waals surface area (Å²) in [6, 6.07) is 13.0. The van der Waals surface area contributed by atoms with Gasteiger partial charge in [-0.1, -0.05) is 12.1 Å². The maximum atomic E-state index is 12.8. The van der Waals surface area contributed by atoms with Crippen LogP contribution in [0.3, 0.4) is 0 Å². The predicted molar refractivity (Wildman–Crippen MR) is 140 cm³/mol. The number of ether oxygens (including phenoxy) is 4. The van der Waals surface area contributed by atoms with Crippen LogP contribution in [0.1, 0.15) is 11.3 Å². The summed E-state index contributed by atoms with van der Waals surface area (Å²) in [5.41, 5.74) is 3.19. The molecule has 0 saturated carbocycles. The Morgan fingerprint density at radius 3 is 2.42 bits per heavy atom. The Hall–Kier alpha value is -4.31. The molecule has 1 N–H and O–H groups in total. The van der Waals surface area contributed by atoms with Gasteiger partial charge in [0.15, 0.2) is 11.5 Å². The molecular formula is C26H26N4O5S. The van der Waals surface area contributed by atoms with Crippen molar-refractivity contribution in [3.63, 3.8) is 0 Å². The van der Waals surface area contributed by atoms with Crippen molar-refractivity contribution in [3.8, 4) is 39.4 Å². The van der Waals surface area contributed by atoms with Crippen molar-refractivity contribution in [2.24, 2.45) is 0 Å². The molecule has 4 rings (SSSR count). The number of nitrogens with zero attached hydrogens (tertiary/aromatic N) is 3. The number of carbonyl (C=O) groups is 1. The largest absolute Gasteiger partial charge is 0.497 e. The van der Waals surface area contributed by atoms with E-state index in [9.17, 15) is 4.79 Å². The molecule has 10 heteroatoms. The van der Waals surface area contributed by atoms with Crippen molar-refractivity contribution in [1.82, 2.24) is 14.8 Å². The fourth-order valence-corrected chi connectivity index (χ4v) is 4.34. The number of benzene rings is 2. The molecule has 0 aliphatic rings. The van der Waals surface area contributed by atoms with Crippen molar-refractivity contribution >= 4 is 29.1 Å². The van der Waals surface area contributed by atoms with E-state index in [0.717, 1.165) is 22.7 Å². The van der Waals surface area contributed by atoms with Crippen LogP contribution in [0.4, 0.5) is 5.82 Å². The number of hydrogen-bond acceptors (Lipinski definition) is 8. The summed E-state index contributed by atoms with van der Waals surface area (Å²) in [5.74, 6) is 2.43. The number of anilines is 1. The molecule has 0 spiro atoms. The number of carbonyl (C=O) groups excluding carboxylic acids is 1. The van der Waals surface area contributed by atoms with Gasteiger partial charge in [0.1, 0.15) is 11.6 Å². The Morgan fingerprint density at radius 2 is 1.75 bits per heavy atom. The van der Waals surface area contributed by atoms with Crippen LogP contribution in [0.15, 0.2) is 53.9 Å². The molecule has 2 aromatic carbocycles. The van der Waals surface area contributed by atoms with E-state index < -0.39 is 0 Å². The van der Waals surface area contributed by atoms with Gasteiger partial charge in [-0.3, -0.25) is 4.79 Å². The second-order valence-electron chi connectivity index (χ2n) is 7.61. The number of thiazole rings is 1. The monoisotopic (exact) mass is 506 g/mol. The quantitative estimate of drug-likeness (QED) is 0.320. The standard InChI is InChI=1S/C26H26N4O5S/c1-16-11-23(28-24(31)10-9-17-12-21(33-3)25(35-5)22(13-17)34-4)30(29-16)26-27-20(15-36-26)18-7-6-8-19(14-18)32-2/h6-15H,1-5H3,(H,28,31)/b10-9+. The topological polar surface area (TPSA) is 96.7 Å². The van der Waals surface area contributed by atoms with Crippen LogP contribution in [-0.2, 0) is 4.79 Å². The lowest BCUT2D eigenvalue weighted by atomic mass is 10.1. The minimum absolute atomic E-state index is 0.325. The third-order valence-electron chi connectivity index (χ3n) is 5.24. The van der Waals surface area contributed by atoms with Gasteiger partial charge in [-0.15, -0.1) is 11.3 Å². The van der Waals surface area contributed by atoms with E-state index in [1.54, 1.807) is 50.3 Å². The predicted octanol–water partition coefficient (Wildman–Crippen LogP) is 4.99. The maximum absolute atomic E-state index is 12.8. The lowest BCUT2D eigenvalue weighted by molar-refractivity contribution is -0.111. The van der Waals surface area contributed by atoms with Gasteiger partial charge in [-0.2, -0.15) is 9.78 Å². The Bertz CT molecular complexity index is 1380. The molecule has 0 saturated heterocycles. The molecule has 0 atom stereocenters. The van der Waals surface area contributed by atoms with Gasteiger partial charge >= 0.3 is 0 Å². The lowest BCUT2D eigenvalue weighted by Crippen LogP contribution is -2.12. The van der Waals surface area contributed by atoms with Crippen LogP contribution in [0.25, 0.3) is 22.5 Å². The smallest absolute Gasteiger partial charge is 0.249 e. The zero-order valence-corrected chi connectivity index (χ0v) is 21.4. The third-order valence-corrected chi connectivity index (χ3v) is 6.05. The molecule has 4 aromatic rings. The highest BCUT2D eigenvalue weighted by atomic mass is 32.1. The molecule has 0 radical (unpaired) electrons. The number of aryl methyl sites for hydroxylation is 1. The van der Waals surface area contributed by atoms with Crippen molar-refractivity contribution < 1.29 is 23.7 Å². The van der Waals surface area contributed by atoms with Gasteiger partial charge in [0, 0.05) is 23.1 Å². The van der Waals surface area contributed by atoms with Crippen LogP contribution >= 0.6 is 11.3 Å². The van der Waals surface area contributed by atoms with E-state index >= 15 is 0 Å².